The molecule has 0 heterocycles. The molecule has 0 spiro atoms. The van der Waals surface area contributed by atoms with Crippen molar-refractivity contribution < 1.29 is 0 Å². The van der Waals surface area contributed by atoms with Gasteiger partial charge in [-0.25, -0.2) is 0 Å². The van der Waals surface area contributed by atoms with E-state index in [1.165, 1.54) is 97.8 Å². The highest BCUT2D eigenvalue weighted by Crippen LogP contribution is 2.46. The van der Waals surface area contributed by atoms with Crippen LogP contribution in [-0.4, -0.2) is 0 Å². The highest BCUT2D eigenvalue weighted by molar-refractivity contribution is 6.23. The molecule has 2 N–H and O–H groups in total. The molecule has 1 aliphatic rings. The molecule has 212 valence electrons. The number of benzene rings is 6. The van der Waals surface area contributed by atoms with Crippen molar-refractivity contribution in [1.29, 1.82) is 0 Å². The summed E-state index contributed by atoms with van der Waals surface area (Å²) < 4.78 is 0. The van der Waals surface area contributed by atoms with Gasteiger partial charge in [0.05, 0.1) is 0 Å². The Kier molecular flexibility index (Phi) is 7.56. The summed E-state index contributed by atoms with van der Waals surface area (Å²) in [5.41, 5.74) is 14.8. The average Bonchev–Trinajstić information content (AvgIpc) is 3.07. The van der Waals surface area contributed by atoms with Crippen LogP contribution in [0.2, 0.25) is 0 Å². The molecular weight excluding hydrogens is 518 g/mol. The van der Waals surface area contributed by atoms with Gasteiger partial charge in [0, 0.05) is 0 Å². The summed E-state index contributed by atoms with van der Waals surface area (Å²) in [5.74, 6) is 0.668. The smallest absolute Gasteiger partial charge is 0.00201 e. The van der Waals surface area contributed by atoms with E-state index >= 15 is 0 Å². The van der Waals surface area contributed by atoms with Crippen molar-refractivity contribution in [2.45, 2.75) is 51.4 Å². The van der Waals surface area contributed by atoms with Crippen LogP contribution < -0.4 is 5.73 Å². The Morgan fingerprint density at radius 1 is 0.651 bits per heavy atom. The van der Waals surface area contributed by atoms with Crippen LogP contribution in [0.25, 0.3) is 54.6 Å². The molecule has 0 bridgehead atoms. The second kappa shape index (κ2) is 11.9. The van der Waals surface area contributed by atoms with Gasteiger partial charge in [-0.05, 0) is 110 Å². The molecule has 0 saturated heterocycles. The zero-order valence-electron chi connectivity index (χ0n) is 25.0. The number of allylic oxidation sites excluding steroid dienone is 3. The van der Waals surface area contributed by atoms with Crippen LogP contribution in [0.3, 0.4) is 0 Å². The van der Waals surface area contributed by atoms with Crippen LogP contribution in [0.15, 0.2) is 133 Å². The van der Waals surface area contributed by atoms with Crippen LogP contribution in [0.1, 0.15) is 56.1 Å². The largest absolute Gasteiger partial charge is 0.404 e. The first-order chi connectivity index (χ1) is 21.2. The number of fused-ring (bicyclic) bond motifs is 3. The van der Waals surface area contributed by atoms with E-state index in [-0.39, 0.29) is 0 Å². The zero-order chi connectivity index (χ0) is 29.2. The number of rotatable bonds is 6. The summed E-state index contributed by atoms with van der Waals surface area (Å²) in [6.45, 7) is 2.03. The average molecular weight is 558 g/mol. The Labute approximate surface area is 255 Å². The first kappa shape index (κ1) is 27.2. The van der Waals surface area contributed by atoms with Gasteiger partial charge in [0.1, 0.15) is 0 Å². The topological polar surface area (TPSA) is 26.0 Å². The predicted octanol–water partition coefficient (Wildman–Crippen LogP) is 11.5. The Morgan fingerprint density at radius 2 is 1.26 bits per heavy atom. The van der Waals surface area contributed by atoms with E-state index in [9.17, 15) is 0 Å². The van der Waals surface area contributed by atoms with Gasteiger partial charge in [-0.1, -0.05) is 141 Å². The number of hydrogen-bond acceptors (Lipinski definition) is 1. The Bertz CT molecular complexity index is 1940. The standard InChI is InChI=1S/C42H39N/c1-29(28-43)13-9-14-30-15-10-18-32(27-30)41-37-19-5-7-21-39(37)42(40-22-8-6-20-38(40)41)36-26-12-24-34-33(23-11-25-35(34)36)31-16-3-2-4-17-31/h5-13,15,18-28,31H,2-4,14,16-17,43H2,1H3/b13-9-,29-28-. The lowest BCUT2D eigenvalue weighted by atomic mass is 9.80. The molecule has 0 atom stereocenters. The van der Waals surface area contributed by atoms with Crippen molar-refractivity contribution in [2.24, 2.45) is 5.73 Å². The maximum atomic E-state index is 5.67. The summed E-state index contributed by atoms with van der Waals surface area (Å²) in [6.07, 6.45) is 13.5. The minimum atomic E-state index is 0.668. The molecule has 0 aromatic heterocycles. The third kappa shape index (κ3) is 5.14. The SMILES string of the molecule is CC(/C=C\Cc1cccc(-c2c3ccccc3c(-c3cccc4c(C5CCCCC5)cccc34)c3ccccc23)c1)=C/N. The molecule has 1 saturated carbocycles. The lowest BCUT2D eigenvalue weighted by Crippen LogP contribution is -2.05. The van der Waals surface area contributed by atoms with Crippen LogP contribution in [0.4, 0.5) is 0 Å². The molecule has 1 nitrogen and oxygen atoms in total. The lowest BCUT2D eigenvalue weighted by molar-refractivity contribution is 0.445. The fourth-order valence-corrected chi connectivity index (χ4v) is 7.34. The van der Waals surface area contributed by atoms with Gasteiger partial charge in [-0.15, -0.1) is 0 Å². The maximum Gasteiger partial charge on any atom is -0.00201 e. The Balaban J connectivity index is 1.45. The van der Waals surface area contributed by atoms with Gasteiger partial charge in [0.25, 0.3) is 0 Å². The van der Waals surface area contributed by atoms with E-state index in [2.05, 4.69) is 121 Å². The van der Waals surface area contributed by atoms with Gasteiger partial charge in [0.15, 0.2) is 0 Å². The van der Waals surface area contributed by atoms with Crippen molar-refractivity contribution in [3.8, 4) is 22.3 Å². The fourth-order valence-electron chi connectivity index (χ4n) is 7.34. The summed E-state index contributed by atoms with van der Waals surface area (Å²) >= 11 is 0. The van der Waals surface area contributed by atoms with Crippen molar-refractivity contribution >= 4 is 32.3 Å². The van der Waals surface area contributed by atoms with Gasteiger partial charge in [0.2, 0.25) is 0 Å². The summed E-state index contributed by atoms with van der Waals surface area (Å²) in [7, 11) is 0. The normalized spacial score (nSPS) is 14.8. The first-order valence-electron chi connectivity index (χ1n) is 15.8. The quantitative estimate of drug-likeness (QED) is 0.160. The van der Waals surface area contributed by atoms with Gasteiger partial charge >= 0.3 is 0 Å². The molecule has 1 aliphatic carbocycles. The van der Waals surface area contributed by atoms with Crippen LogP contribution in [-0.2, 0) is 6.42 Å². The monoisotopic (exact) mass is 557 g/mol. The summed E-state index contributed by atoms with van der Waals surface area (Å²) in [4.78, 5) is 0. The van der Waals surface area contributed by atoms with Crippen molar-refractivity contribution in [2.75, 3.05) is 0 Å². The summed E-state index contributed by atoms with van der Waals surface area (Å²) in [6, 6.07) is 41.0. The maximum absolute atomic E-state index is 5.67. The van der Waals surface area contributed by atoms with E-state index in [4.69, 9.17) is 5.73 Å². The fraction of sp³-hybridized carbons (Fsp3) is 0.190. The minimum absolute atomic E-state index is 0.668. The van der Waals surface area contributed by atoms with E-state index in [0.717, 1.165) is 12.0 Å². The van der Waals surface area contributed by atoms with E-state index < -0.39 is 0 Å². The summed E-state index contributed by atoms with van der Waals surface area (Å²) in [5, 5.41) is 7.99. The Morgan fingerprint density at radius 3 is 1.95 bits per heavy atom. The van der Waals surface area contributed by atoms with Gasteiger partial charge in [-0.3, -0.25) is 0 Å². The molecule has 43 heavy (non-hydrogen) atoms. The number of hydrogen-bond donors (Lipinski definition) is 1. The zero-order valence-corrected chi connectivity index (χ0v) is 25.0. The molecule has 1 heteroatoms. The number of nitrogens with two attached hydrogens (primary N) is 1. The van der Waals surface area contributed by atoms with E-state index in [0.29, 0.717) is 5.92 Å². The molecule has 0 aliphatic heterocycles. The lowest BCUT2D eigenvalue weighted by Gasteiger charge is -2.24. The van der Waals surface area contributed by atoms with Crippen LogP contribution >= 0.6 is 0 Å². The second-order valence-corrected chi connectivity index (χ2v) is 12.1. The van der Waals surface area contributed by atoms with E-state index in [1.54, 1.807) is 6.20 Å². The van der Waals surface area contributed by atoms with Crippen molar-refractivity contribution in [3.05, 3.63) is 144 Å². The highest BCUT2D eigenvalue weighted by atomic mass is 14.5. The molecule has 0 radical (unpaired) electrons. The van der Waals surface area contributed by atoms with Crippen LogP contribution in [0, 0.1) is 0 Å². The first-order valence-corrected chi connectivity index (χ1v) is 15.8. The molecule has 0 unspecified atom stereocenters. The van der Waals surface area contributed by atoms with Crippen molar-refractivity contribution in [1.82, 2.24) is 0 Å². The third-order valence-electron chi connectivity index (χ3n) is 9.41. The van der Waals surface area contributed by atoms with Gasteiger partial charge < -0.3 is 5.73 Å². The molecule has 0 amide bonds. The molecule has 6 aromatic rings. The highest BCUT2D eigenvalue weighted by Gasteiger charge is 2.21. The molecule has 7 rings (SSSR count). The molecule has 1 fully saturated rings. The van der Waals surface area contributed by atoms with Crippen LogP contribution in [0.5, 0.6) is 0 Å². The van der Waals surface area contributed by atoms with E-state index in [1.807, 2.05) is 6.92 Å². The van der Waals surface area contributed by atoms with Crippen molar-refractivity contribution in [3.63, 3.8) is 0 Å². The Hall–Kier alpha value is -4.62. The third-order valence-corrected chi connectivity index (χ3v) is 9.41. The minimum Gasteiger partial charge on any atom is -0.404 e. The predicted molar refractivity (Wildman–Crippen MR) is 186 cm³/mol. The second-order valence-electron chi connectivity index (χ2n) is 12.1. The van der Waals surface area contributed by atoms with Gasteiger partial charge in [-0.2, -0.15) is 0 Å². The molecule has 6 aromatic carbocycles. The molecular formula is C42H39N.